The van der Waals surface area contributed by atoms with Gasteiger partial charge < -0.3 is 10.1 Å². The zero-order chi connectivity index (χ0) is 14.5. The second-order valence-corrected chi connectivity index (χ2v) is 5.67. The SMILES string of the molecule is CC(C)NCc1ccc(Oc2ccc(Cl)c(Cl)c2)cc1. The van der Waals surface area contributed by atoms with E-state index >= 15 is 0 Å². The van der Waals surface area contributed by atoms with Crippen molar-refractivity contribution in [2.45, 2.75) is 26.4 Å². The van der Waals surface area contributed by atoms with E-state index in [1.54, 1.807) is 18.2 Å². The van der Waals surface area contributed by atoms with Crippen molar-refractivity contribution in [1.82, 2.24) is 5.32 Å². The van der Waals surface area contributed by atoms with Crippen LogP contribution < -0.4 is 10.1 Å². The van der Waals surface area contributed by atoms with Crippen LogP contribution in [-0.2, 0) is 6.54 Å². The van der Waals surface area contributed by atoms with Crippen molar-refractivity contribution >= 4 is 23.2 Å². The first-order valence-corrected chi connectivity index (χ1v) is 7.25. The van der Waals surface area contributed by atoms with E-state index in [9.17, 15) is 0 Å². The quantitative estimate of drug-likeness (QED) is 0.811. The van der Waals surface area contributed by atoms with Gasteiger partial charge in [-0.1, -0.05) is 49.2 Å². The zero-order valence-electron chi connectivity index (χ0n) is 11.5. The molecule has 0 bridgehead atoms. The molecule has 0 saturated carbocycles. The number of rotatable bonds is 5. The largest absolute Gasteiger partial charge is 0.457 e. The Hall–Kier alpha value is -1.22. The van der Waals surface area contributed by atoms with E-state index in [0.717, 1.165) is 12.3 Å². The summed E-state index contributed by atoms with van der Waals surface area (Å²) >= 11 is 11.8. The molecule has 0 atom stereocenters. The van der Waals surface area contributed by atoms with Gasteiger partial charge in [0.2, 0.25) is 0 Å². The van der Waals surface area contributed by atoms with Crippen molar-refractivity contribution in [3.63, 3.8) is 0 Å². The highest BCUT2D eigenvalue weighted by molar-refractivity contribution is 6.42. The van der Waals surface area contributed by atoms with Gasteiger partial charge in [0, 0.05) is 18.7 Å². The van der Waals surface area contributed by atoms with Gasteiger partial charge in [-0.3, -0.25) is 0 Å². The Kier molecular flexibility index (Phi) is 5.30. The summed E-state index contributed by atoms with van der Waals surface area (Å²) in [4.78, 5) is 0. The van der Waals surface area contributed by atoms with Crippen LogP contribution in [0.25, 0.3) is 0 Å². The third-order valence-electron chi connectivity index (χ3n) is 2.76. The molecule has 1 N–H and O–H groups in total. The highest BCUT2D eigenvalue weighted by Crippen LogP contribution is 2.29. The van der Waals surface area contributed by atoms with Gasteiger partial charge in [0.25, 0.3) is 0 Å². The van der Waals surface area contributed by atoms with Crippen molar-refractivity contribution in [2.24, 2.45) is 0 Å². The number of hydrogen-bond donors (Lipinski definition) is 1. The van der Waals surface area contributed by atoms with Crippen LogP contribution in [0.2, 0.25) is 10.0 Å². The maximum absolute atomic E-state index is 5.96. The number of ether oxygens (including phenoxy) is 1. The molecule has 0 radical (unpaired) electrons. The summed E-state index contributed by atoms with van der Waals surface area (Å²) in [5.74, 6) is 1.45. The molecular formula is C16H17Cl2NO. The number of hydrogen-bond acceptors (Lipinski definition) is 2. The molecule has 2 aromatic rings. The molecule has 4 heteroatoms. The van der Waals surface area contributed by atoms with E-state index in [0.29, 0.717) is 21.8 Å². The summed E-state index contributed by atoms with van der Waals surface area (Å²) in [6.45, 7) is 5.11. The third-order valence-corrected chi connectivity index (χ3v) is 3.50. The molecule has 0 saturated heterocycles. The Morgan fingerprint density at radius 1 is 0.950 bits per heavy atom. The first-order chi connectivity index (χ1) is 9.54. The van der Waals surface area contributed by atoms with Crippen LogP contribution in [0.4, 0.5) is 0 Å². The molecule has 0 aliphatic carbocycles. The number of benzene rings is 2. The fourth-order valence-corrected chi connectivity index (χ4v) is 1.96. The minimum absolute atomic E-state index is 0.474. The predicted molar refractivity (Wildman–Crippen MR) is 85.0 cm³/mol. The smallest absolute Gasteiger partial charge is 0.129 e. The summed E-state index contributed by atoms with van der Waals surface area (Å²) in [5, 5.41) is 4.38. The second kappa shape index (κ2) is 6.98. The van der Waals surface area contributed by atoms with E-state index in [1.165, 1.54) is 5.56 Å². The van der Waals surface area contributed by atoms with Gasteiger partial charge >= 0.3 is 0 Å². The lowest BCUT2D eigenvalue weighted by atomic mass is 10.2. The monoisotopic (exact) mass is 309 g/mol. The van der Waals surface area contributed by atoms with Gasteiger partial charge in [0.1, 0.15) is 11.5 Å². The number of halogens is 2. The summed E-state index contributed by atoms with van der Waals surface area (Å²) in [5.41, 5.74) is 1.22. The molecule has 0 aliphatic rings. The standard InChI is InChI=1S/C16H17Cl2NO/c1-11(2)19-10-12-3-5-13(6-4-12)20-14-7-8-15(17)16(18)9-14/h3-9,11,19H,10H2,1-2H3. The average Bonchev–Trinajstić information content (AvgIpc) is 2.42. The Morgan fingerprint density at radius 3 is 2.20 bits per heavy atom. The van der Waals surface area contributed by atoms with Crippen LogP contribution in [0, 0.1) is 0 Å². The van der Waals surface area contributed by atoms with Crippen LogP contribution in [0.5, 0.6) is 11.5 Å². The van der Waals surface area contributed by atoms with E-state index in [-0.39, 0.29) is 0 Å². The molecular weight excluding hydrogens is 293 g/mol. The Balaban J connectivity index is 2.01. The van der Waals surface area contributed by atoms with Gasteiger partial charge in [-0.25, -0.2) is 0 Å². The molecule has 0 amide bonds. The lowest BCUT2D eigenvalue weighted by Gasteiger charge is -2.10. The maximum atomic E-state index is 5.96. The fourth-order valence-electron chi connectivity index (χ4n) is 1.67. The molecule has 2 rings (SSSR count). The van der Waals surface area contributed by atoms with Gasteiger partial charge in [-0.05, 0) is 29.8 Å². The molecule has 0 fully saturated rings. The van der Waals surface area contributed by atoms with Crippen LogP contribution in [-0.4, -0.2) is 6.04 Å². The number of nitrogens with one attached hydrogen (secondary N) is 1. The van der Waals surface area contributed by atoms with Crippen LogP contribution in [0.3, 0.4) is 0 Å². The van der Waals surface area contributed by atoms with Crippen LogP contribution >= 0.6 is 23.2 Å². The molecule has 2 nitrogen and oxygen atoms in total. The van der Waals surface area contributed by atoms with Gasteiger partial charge in [0.05, 0.1) is 10.0 Å². The van der Waals surface area contributed by atoms with Crippen LogP contribution in [0.1, 0.15) is 19.4 Å². The highest BCUT2D eigenvalue weighted by atomic mass is 35.5. The van der Waals surface area contributed by atoms with Crippen LogP contribution in [0.15, 0.2) is 42.5 Å². The summed E-state index contributed by atoms with van der Waals surface area (Å²) < 4.78 is 5.73. The van der Waals surface area contributed by atoms with Crippen molar-refractivity contribution < 1.29 is 4.74 Å². The first-order valence-electron chi connectivity index (χ1n) is 6.50. The molecule has 0 aliphatic heterocycles. The van der Waals surface area contributed by atoms with Crippen molar-refractivity contribution in [1.29, 1.82) is 0 Å². The molecule has 106 valence electrons. The first kappa shape index (κ1) is 15.2. The minimum Gasteiger partial charge on any atom is -0.457 e. The second-order valence-electron chi connectivity index (χ2n) is 4.86. The third kappa shape index (κ3) is 4.41. The van der Waals surface area contributed by atoms with Crippen molar-refractivity contribution in [3.05, 3.63) is 58.1 Å². The molecule has 2 aromatic carbocycles. The van der Waals surface area contributed by atoms with Crippen molar-refractivity contribution in [2.75, 3.05) is 0 Å². The average molecular weight is 310 g/mol. The molecule has 0 unspecified atom stereocenters. The normalized spacial score (nSPS) is 10.8. The summed E-state index contributed by atoms with van der Waals surface area (Å²) in [7, 11) is 0. The lowest BCUT2D eigenvalue weighted by Crippen LogP contribution is -2.21. The highest BCUT2D eigenvalue weighted by Gasteiger charge is 2.02. The maximum Gasteiger partial charge on any atom is 0.129 e. The van der Waals surface area contributed by atoms with E-state index in [4.69, 9.17) is 27.9 Å². The summed E-state index contributed by atoms with van der Waals surface area (Å²) in [6.07, 6.45) is 0. The van der Waals surface area contributed by atoms with Gasteiger partial charge in [0.15, 0.2) is 0 Å². The Bertz CT molecular complexity index is 567. The Morgan fingerprint density at radius 2 is 1.60 bits per heavy atom. The zero-order valence-corrected chi connectivity index (χ0v) is 13.0. The van der Waals surface area contributed by atoms with E-state index in [1.807, 2.05) is 24.3 Å². The van der Waals surface area contributed by atoms with Gasteiger partial charge in [-0.15, -0.1) is 0 Å². The molecule has 20 heavy (non-hydrogen) atoms. The molecule has 0 heterocycles. The topological polar surface area (TPSA) is 21.3 Å². The minimum atomic E-state index is 0.474. The Labute approximate surface area is 129 Å². The summed E-state index contributed by atoms with van der Waals surface area (Å²) in [6, 6.07) is 13.7. The van der Waals surface area contributed by atoms with E-state index in [2.05, 4.69) is 19.2 Å². The van der Waals surface area contributed by atoms with Crippen molar-refractivity contribution in [3.8, 4) is 11.5 Å². The molecule has 0 aromatic heterocycles. The van der Waals surface area contributed by atoms with Gasteiger partial charge in [-0.2, -0.15) is 0 Å². The molecule has 0 spiro atoms. The fraction of sp³-hybridized carbons (Fsp3) is 0.250. The lowest BCUT2D eigenvalue weighted by molar-refractivity contribution is 0.482. The predicted octanol–water partition coefficient (Wildman–Crippen LogP) is 5.28. The van der Waals surface area contributed by atoms with E-state index < -0.39 is 0 Å².